The molecule has 0 radical (unpaired) electrons. The summed E-state index contributed by atoms with van der Waals surface area (Å²) in [5, 5.41) is 10.3. The molecule has 2 amide bonds. The molecule has 1 aliphatic heterocycles. The Bertz CT molecular complexity index is 1450. The minimum atomic E-state index is -0.464. The van der Waals surface area contributed by atoms with Gasteiger partial charge in [0.1, 0.15) is 11.9 Å². The third-order valence-corrected chi connectivity index (χ3v) is 7.35. The van der Waals surface area contributed by atoms with Crippen molar-refractivity contribution in [1.29, 1.82) is 0 Å². The van der Waals surface area contributed by atoms with E-state index in [2.05, 4.69) is 20.3 Å². The summed E-state index contributed by atoms with van der Waals surface area (Å²) in [7, 11) is 1.98. The topological polar surface area (TPSA) is 103 Å². The van der Waals surface area contributed by atoms with Crippen LogP contribution in [0.4, 0.5) is 5.69 Å². The fourth-order valence-corrected chi connectivity index (χ4v) is 5.14. The lowest BCUT2D eigenvalue weighted by molar-refractivity contribution is -0.124. The number of carbonyl (C=O) groups excluding carboxylic acids is 2. The lowest BCUT2D eigenvalue weighted by Crippen LogP contribution is -2.27. The number of hydrogen-bond donors (Lipinski definition) is 2. The van der Waals surface area contributed by atoms with E-state index in [4.69, 9.17) is 9.72 Å². The largest absolute Gasteiger partial charge is 0.368 e. The fourth-order valence-electron chi connectivity index (χ4n) is 5.14. The van der Waals surface area contributed by atoms with Crippen LogP contribution in [0.15, 0.2) is 54.9 Å². The Hall–Kier alpha value is -3.98. The first-order valence-corrected chi connectivity index (χ1v) is 12.9. The van der Waals surface area contributed by atoms with Crippen molar-refractivity contribution in [1.82, 2.24) is 24.6 Å². The minimum absolute atomic E-state index is 0.182. The second-order valence-electron chi connectivity index (χ2n) is 9.84. The van der Waals surface area contributed by atoms with Gasteiger partial charge in [0, 0.05) is 44.1 Å². The summed E-state index contributed by atoms with van der Waals surface area (Å²) in [5.74, 6) is 1.01. The number of carbonyl (C=O) groups is 2. The molecule has 2 aromatic heterocycles. The van der Waals surface area contributed by atoms with Gasteiger partial charge in [-0.25, -0.2) is 9.67 Å². The number of aryl methyl sites for hydroxylation is 1. The molecule has 9 heteroatoms. The highest BCUT2D eigenvalue weighted by Gasteiger charge is 2.28. The van der Waals surface area contributed by atoms with E-state index in [1.807, 2.05) is 49.6 Å². The highest BCUT2D eigenvalue weighted by atomic mass is 16.5. The van der Waals surface area contributed by atoms with E-state index >= 15 is 0 Å². The number of imidazole rings is 1. The molecule has 9 nitrogen and oxygen atoms in total. The summed E-state index contributed by atoms with van der Waals surface area (Å²) in [4.78, 5) is 31.1. The zero-order valence-electron chi connectivity index (χ0n) is 20.8. The van der Waals surface area contributed by atoms with Crippen molar-refractivity contribution in [2.24, 2.45) is 7.05 Å². The summed E-state index contributed by atoms with van der Waals surface area (Å²) in [6.07, 6.45) is 8.14. The molecule has 0 spiro atoms. The maximum atomic E-state index is 13.3. The van der Waals surface area contributed by atoms with Crippen molar-refractivity contribution in [3.05, 3.63) is 71.8 Å². The maximum absolute atomic E-state index is 13.3. The molecule has 6 rings (SSSR count). The third kappa shape index (κ3) is 4.62. The van der Waals surface area contributed by atoms with Crippen LogP contribution in [0.3, 0.4) is 0 Å². The van der Waals surface area contributed by atoms with Gasteiger partial charge in [0.2, 0.25) is 0 Å². The minimum Gasteiger partial charge on any atom is -0.368 e. The fraction of sp³-hybridized carbons (Fsp3) is 0.357. The Labute approximate surface area is 214 Å². The van der Waals surface area contributed by atoms with E-state index in [0.29, 0.717) is 42.3 Å². The van der Waals surface area contributed by atoms with Crippen LogP contribution in [0.25, 0.3) is 16.7 Å². The van der Waals surface area contributed by atoms with Gasteiger partial charge >= 0.3 is 0 Å². The van der Waals surface area contributed by atoms with Crippen molar-refractivity contribution in [3.8, 4) is 5.69 Å². The number of fused-ring (bicyclic) bond motifs is 1. The molecule has 0 unspecified atom stereocenters. The average molecular weight is 499 g/mol. The number of amides is 2. The standard InChI is InChI=1S/C28H30N6O3/c1-33-25-22(31-26(33)19-7-3-8-19)15-20(16-23(25)32-28(36)24-10-4-13-37-24)27(35)29-17-18-6-2-9-21(14-18)34-12-5-11-30-34/h2,5-6,9,11-12,14-16,19,24H,3-4,7-8,10,13,17H2,1H3,(H,29,35)(H,32,36)/t24-/m1/s1. The van der Waals surface area contributed by atoms with Crippen molar-refractivity contribution in [2.75, 3.05) is 11.9 Å². The number of rotatable bonds is 7. The van der Waals surface area contributed by atoms with Crippen LogP contribution in [0.1, 0.15) is 59.8 Å². The molecular formula is C28H30N6O3. The Kier molecular flexibility index (Phi) is 6.21. The molecule has 190 valence electrons. The van der Waals surface area contributed by atoms with Gasteiger partial charge in [-0.2, -0.15) is 5.10 Å². The number of nitrogens with zero attached hydrogens (tertiary/aromatic N) is 4. The molecule has 1 atom stereocenters. The zero-order chi connectivity index (χ0) is 25.4. The van der Waals surface area contributed by atoms with Gasteiger partial charge in [0.05, 0.1) is 22.4 Å². The quantitative estimate of drug-likeness (QED) is 0.400. The number of benzene rings is 2. The zero-order valence-corrected chi connectivity index (χ0v) is 20.8. The Morgan fingerprint density at radius 2 is 2.00 bits per heavy atom. The predicted octanol–water partition coefficient (Wildman–Crippen LogP) is 4.07. The van der Waals surface area contributed by atoms with Gasteiger partial charge < -0.3 is 19.9 Å². The molecule has 4 aromatic rings. The second-order valence-corrected chi connectivity index (χ2v) is 9.84. The molecule has 2 fully saturated rings. The van der Waals surface area contributed by atoms with Gasteiger partial charge in [0.25, 0.3) is 11.8 Å². The van der Waals surface area contributed by atoms with Crippen LogP contribution in [-0.2, 0) is 23.1 Å². The monoisotopic (exact) mass is 498 g/mol. The molecular weight excluding hydrogens is 468 g/mol. The van der Waals surface area contributed by atoms with Gasteiger partial charge in [-0.05, 0) is 61.6 Å². The number of nitrogens with one attached hydrogen (secondary N) is 2. The van der Waals surface area contributed by atoms with E-state index in [1.54, 1.807) is 16.9 Å². The van der Waals surface area contributed by atoms with Gasteiger partial charge in [-0.3, -0.25) is 9.59 Å². The summed E-state index contributed by atoms with van der Waals surface area (Å²) in [6.45, 7) is 0.953. The molecule has 0 bridgehead atoms. The summed E-state index contributed by atoms with van der Waals surface area (Å²) in [6, 6.07) is 13.3. The van der Waals surface area contributed by atoms with E-state index in [0.717, 1.165) is 41.9 Å². The number of anilines is 1. The first kappa shape index (κ1) is 23.4. The molecule has 1 saturated carbocycles. The van der Waals surface area contributed by atoms with Crippen LogP contribution in [0.5, 0.6) is 0 Å². The van der Waals surface area contributed by atoms with Crippen LogP contribution < -0.4 is 10.6 Å². The second kappa shape index (κ2) is 9.82. The molecule has 2 N–H and O–H groups in total. The molecule has 3 heterocycles. The van der Waals surface area contributed by atoms with Crippen LogP contribution in [0.2, 0.25) is 0 Å². The summed E-state index contributed by atoms with van der Waals surface area (Å²) >= 11 is 0. The molecule has 2 aliphatic rings. The molecule has 1 saturated heterocycles. The average Bonchev–Trinajstić information content (AvgIpc) is 3.64. The van der Waals surface area contributed by atoms with E-state index in [9.17, 15) is 9.59 Å². The highest BCUT2D eigenvalue weighted by molar-refractivity contribution is 6.06. The van der Waals surface area contributed by atoms with Crippen molar-refractivity contribution >= 4 is 28.5 Å². The van der Waals surface area contributed by atoms with Gasteiger partial charge in [-0.15, -0.1) is 0 Å². The molecule has 1 aliphatic carbocycles. The van der Waals surface area contributed by atoms with Crippen molar-refractivity contribution in [2.45, 2.75) is 50.7 Å². The van der Waals surface area contributed by atoms with E-state index in [1.165, 1.54) is 6.42 Å². The van der Waals surface area contributed by atoms with Gasteiger partial charge in [0.15, 0.2) is 0 Å². The highest BCUT2D eigenvalue weighted by Crippen LogP contribution is 2.38. The van der Waals surface area contributed by atoms with Crippen molar-refractivity contribution < 1.29 is 14.3 Å². The van der Waals surface area contributed by atoms with Crippen molar-refractivity contribution in [3.63, 3.8) is 0 Å². The van der Waals surface area contributed by atoms with Crippen LogP contribution in [0, 0.1) is 0 Å². The van der Waals surface area contributed by atoms with Crippen LogP contribution >= 0.6 is 0 Å². The SMILES string of the molecule is Cn1c(C2CCC2)nc2cc(C(=O)NCc3cccc(-n4cccn4)c3)cc(NC(=O)[C@H]3CCCO3)c21. The predicted molar refractivity (Wildman–Crippen MR) is 140 cm³/mol. The number of aromatic nitrogens is 4. The first-order chi connectivity index (χ1) is 18.1. The van der Waals surface area contributed by atoms with Crippen LogP contribution in [-0.4, -0.2) is 43.9 Å². The maximum Gasteiger partial charge on any atom is 0.253 e. The molecule has 2 aromatic carbocycles. The van der Waals surface area contributed by atoms with E-state index < -0.39 is 6.10 Å². The normalized spacial score (nSPS) is 17.6. The first-order valence-electron chi connectivity index (χ1n) is 12.9. The molecule has 37 heavy (non-hydrogen) atoms. The number of ether oxygens (including phenoxy) is 1. The Morgan fingerprint density at radius 1 is 1.11 bits per heavy atom. The third-order valence-electron chi connectivity index (χ3n) is 7.35. The number of hydrogen-bond acceptors (Lipinski definition) is 5. The summed E-state index contributed by atoms with van der Waals surface area (Å²) in [5.41, 5.74) is 4.46. The summed E-state index contributed by atoms with van der Waals surface area (Å²) < 4.78 is 9.42. The lowest BCUT2D eigenvalue weighted by atomic mass is 9.85. The Balaban J connectivity index is 1.27. The van der Waals surface area contributed by atoms with E-state index in [-0.39, 0.29) is 11.8 Å². The Morgan fingerprint density at radius 3 is 2.73 bits per heavy atom. The lowest BCUT2D eigenvalue weighted by Gasteiger charge is -2.24. The smallest absolute Gasteiger partial charge is 0.253 e. The van der Waals surface area contributed by atoms with Gasteiger partial charge in [-0.1, -0.05) is 18.6 Å².